The fraction of sp³-hybridized carbons (Fsp3) is 0.280. The highest BCUT2D eigenvalue weighted by Gasteiger charge is 2.17. The number of halogens is 1. The van der Waals surface area contributed by atoms with Crippen LogP contribution in [0.1, 0.15) is 5.56 Å². The molecule has 0 bridgehead atoms. The third kappa shape index (κ3) is 4.70. The number of rotatable bonds is 7. The summed E-state index contributed by atoms with van der Waals surface area (Å²) >= 11 is 1.69. The first-order valence-corrected chi connectivity index (χ1v) is 11.9. The molecule has 0 aliphatic carbocycles. The van der Waals surface area contributed by atoms with Gasteiger partial charge in [-0.25, -0.2) is 4.39 Å². The van der Waals surface area contributed by atoms with Gasteiger partial charge in [-0.2, -0.15) is 0 Å². The zero-order valence-electron chi connectivity index (χ0n) is 17.8. The summed E-state index contributed by atoms with van der Waals surface area (Å²) in [5, 5.41) is 12.4. The maximum atomic E-state index is 13.5. The van der Waals surface area contributed by atoms with Crippen molar-refractivity contribution < 1.29 is 9.13 Å². The lowest BCUT2D eigenvalue weighted by molar-refractivity contribution is 0.0361. The molecule has 164 valence electrons. The van der Waals surface area contributed by atoms with Crippen LogP contribution in [0.15, 0.2) is 71.9 Å². The van der Waals surface area contributed by atoms with Crippen LogP contribution < -0.4 is 0 Å². The predicted octanol–water partition coefficient (Wildman–Crippen LogP) is 4.86. The van der Waals surface area contributed by atoms with E-state index in [0.717, 1.165) is 61.7 Å². The Morgan fingerprint density at radius 3 is 2.50 bits per heavy atom. The van der Waals surface area contributed by atoms with Gasteiger partial charge in [0.25, 0.3) is 0 Å². The summed E-state index contributed by atoms with van der Waals surface area (Å²) in [5.41, 5.74) is 2.15. The Balaban J connectivity index is 1.40. The van der Waals surface area contributed by atoms with E-state index in [1.54, 1.807) is 23.9 Å². The Kier molecular flexibility index (Phi) is 6.48. The molecular weight excluding hydrogens is 423 g/mol. The van der Waals surface area contributed by atoms with Crippen molar-refractivity contribution in [2.24, 2.45) is 0 Å². The molecule has 5 nitrogen and oxygen atoms in total. The number of aromatic nitrogens is 3. The Morgan fingerprint density at radius 2 is 1.66 bits per heavy atom. The van der Waals surface area contributed by atoms with Crippen molar-refractivity contribution in [2.75, 3.05) is 32.8 Å². The highest BCUT2D eigenvalue weighted by atomic mass is 32.2. The second-order valence-corrected chi connectivity index (χ2v) is 8.79. The molecule has 1 aliphatic heterocycles. The number of thioether (sulfide) groups is 1. The molecule has 0 spiro atoms. The van der Waals surface area contributed by atoms with Crippen LogP contribution in [0.2, 0.25) is 0 Å². The van der Waals surface area contributed by atoms with Crippen molar-refractivity contribution in [3.8, 4) is 11.4 Å². The molecule has 1 saturated heterocycles. The van der Waals surface area contributed by atoms with Gasteiger partial charge in [0.15, 0.2) is 11.0 Å². The highest BCUT2D eigenvalue weighted by Crippen LogP contribution is 2.29. The number of hydrogen-bond donors (Lipinski definition) is 0. The van der Waals surface area contributed by atoms with Gasteiger partial charge in [0, 0.05) is 37.5 Å². The van der Waals surface area contributed by atoms with E-state index in [0.29, 0.717) is 0 Å². The van der Waals surface area contributed by atoms with Crippen LogP contribution in [0.3, 0.4) is 0 Å². The summed E-state index contributed by atoms with van der Waals surface area (Å²) in [6.07, 6.45) is 0. The molecular formula is C25H25FN4OS. The molecule has 32 heavy (non-hydrogen) atoms. The molecule has 0 unspecified atom stereocenters. The van der Waals surface area contributed by atoms with Crippen molar-refractivity contribution >= 4 is 22.5 Å². The van der Waals surface area contributed by atoms with Gasteiger partial charge in [0.05, 0.1) is 13.2 Å². The van der Waals surface area contributed by atoms with Crippen molar-refractivity contribution in [1.82, 2.24) is 19.7 Å². The Bertz CT molecular complexity index is 1180. The molecule has 0 saturated carbocycles. The van der Waals surface area contributed by atoms with Crippen LogP contribution in [0.5, 0.6) is 0 Å². The normalized spacial score (nSPS) is 14.8. The summed E-state index contributed by atoms with van der Waals surface area (Å²) < 4.78 is 21.1. The molecule has 3 aromatic carbocycles. The maximum absolute atomic E-state index is 13.5. The largest absolute Gasteiger partial charge is 0.379 e. The number of morpholine rings is 1. The van der Waals surface area contributed by atoms with E-state index in [4.69, 9.17) is 4.74 Å². The summed E-state index contributed by atoms with van der Waals surface area (Å²) in [7, 11) is 0. The molecule has 2 heterocycles. The zero-order chi connectivity index (χ0) is 21.8. The van der Waals surface area contributed by atoms with E-state index < -0.39 is 0 Å². The molecule has 0 N–H and O–H groups in total. The van der Waals surface area contributed by atoms with Crippen LogP contribution in [0.25, 0.3) is 22.2 Å². The van der Waals surface area contributed by atoms with Gasteiger partial charge in [-0.15, -0.1) is 10.2 Å². The molecule has 7 heteroatoms. The average Bonchev–Trinajstić information content (AvgIpc) is 3.25. The monoisotopic (exact) mass is 448 g/mol. The van der Waals surface area contributed by atoms with Crippen LogP contribution in [0.4, 0.5) is 4.39 Å². The summed E-state index contributed by atoms with van der Waals surface area (Å²) in [4.78, 5) is 2.40. The second kappa shape index (κ2) is 9.81. The minimum Gasteiger partial charge on any atom is -0.379 e. The second-order valence-electron chi connectivity index (χ2n) is 7.85. The summed E-state index contributed by atoms with van der Waals surface area (Å²) in [6.45, 7) is 5.10. The predicted molar refractivity (Wildman–Crippen MR) is 126 cm³/mol. The number of benzene rings is 3. The van der Waals surface area contributed by atoms with Gasteiger partial charge in [0.2, 0.25) is 0 Å². The lowest BCUT2D eigenvalue weighted by Crippen LogP contribution is -2.38. The summed E-state index contributed by atoms with van der Waals surface area (Å²) in [6, 6.07) is 21.3. The SMILES string of the molecule is Fc1ccc(-c2nnc(SCc3cccc4ccccc34)n2CCN2CCOCC2)cc1. The lowest BCUT2D eigenvalue weighted by Gasteiger charge is -2.27. The smallest absolute Gasteiger partial charge is 0.191 e. The molecule has 0 radical (unpaired) electrons. The van der Waals surface area contributed by atoms with Gasteiger partial charge in [0.1, 0.15) is 5.82 Å². The Morgan fingerprint density at radius 1 is 0.875 bits per heavy atom. The minimum atomic E-state index is -0.251. The molecule has 1 aromatic heterocycles. The number of hydrogen-bond acceptors (Lipinski definition) is 5. The molecule has 1 aliphatic rings. The fourth-order valence-corrected chi connectivity index (χ4v) is 5.00. The van der Waals surface area contributed by atoms with E-state index >= 15 is 0 Å². The standard InChI is InChI=1S/C25H25FN4OS/c26-22-10-8-20(9-11-22)24-27-28-25(30(24)13-12-29-14-16-31-17-15-29)32-18-21-6-3-5-19-4-1-2-7-23(19)21/h1-11H,12-18H2. The van der Waals surface area contributed by atoms with E-state index in [1.165, 1.54) is 28.5 Å². The number of fused-ring (bicyclic) bond motifs is 1. The first-order valence-electron chi connectivity index (χ1n) is 10.9. The molecule has 0 amide bonds. The topological polar surface area (TPSA) is 43.2 Å². The quantitative estimate of drug-likeness (QED) is 0.378. The Labute approximate surface area is 191 Å². The van der Waals surface area contributed by atoms with Gasteiger partial charge >= 0.3 is 0 Å². The molecule has 0 atom stereocenters. The van der Waals surface area contributed by atoms with Crippen LogP contribution in [0, 0.1) is 5.82 Å². The fourth-order valence-electron chi connectivity index (χ4n) is 4.04. The summed E-state index contributed by atoms with van der Waals surface area (Å²) in [5.74, 6) is 1.33. The van der Waals surface area contributed by atoms with Crippen molar-refractivity contribution in [1.29, 1.82) is 0 Å². The van der Waals surface area contributed by atoms with Gasteiger partial charge in [-0.3, -0.25) is 4.90 Å². The molecule has 5 rings (SSSR count). The first kappa shape index (κ1) is 21.1. The van der Waals surface area contributed by atoms with Crippen LogP contribution in [-0.2, 0) is 17.0 Å². The number of ether oxygens (including phenoxy) is 1. The van der Waals surface area contributed by atoms with E-state index in [-0.39, 0.29) is 5.82 Å². The lowest BCUT2D eigenvalue weighted by atomic mass is 10.1. The highest BCUT2D eigenvalue weighted by molar-refractivity contribution is 7.98. The van der Waals surface area contributed by atoms with Gasteiger partial charge in [-0.05, 0) is 40.6 Å². The number of nitrogens with zero attached hydrogens (tertiary/aromatic N) is 4. The van der Waals surface area contributed by atoms with Crippen LogP contribution in [-0.4, -0.2) is 52.5 Å². The van der Waals surface area contributed by atoms with E-state index in [1.807, 2.05) is 0 Å². The van der Waals surface area contributed by atoms with E-state index in [9.17, 15) is 4.39 Å². The van der Waals surface area contributed by atoms with Crippen molar-refractivity contribution in [2.45, 2.75) is 17.5 Å². The Hall–Kier alpha value is -2.74. The first-order chi connectivity index (χ1) is 15.8. The minimum absolute atomic E-state index is 0.251. The van der Waals surface area contributed by atoms with Crippen LogP contribution >= 0.6 is 11.8 Å². The van der Waals surface area contributed by atoms with Gasteiger partial charge < -0.3 is 9.30 Å². The third-order valence-electron chi connectivity index (χ3n) is 5.80. The molecule has 1 fully saturated rings. The van der Waals surface area contributed by atoms with E-state index in [2.05, 4.69) is 62.1 Å². The maximum Gasteiger partial charge on any atom is 0.191 e. The average molecular weight is 449 g/mol. The zero-order valence-corrected chi connectivity index (χ0v) is 18.6. The van der Waals surface area contributed by atoms with Crippen molar-refractivity contribution in [3.63, 3.8) is 0 Å². The van der Waals surface area contributed by atoms with Gasteiger partial charge in [-0.1, -0.05) is 54.2 Å². The third-order valence-corrected chi connectivity index (χ3v) is 6.82. The van der Waals surface area contributed by atoms with Crippen molar-refractivity contribution in [3.05, 3.63) is 78.1 Å². The molecule has 4 aromatic rings.